The number of nitrogens with zero attached hydrogens (tertiary/aromatic N) is 4. The highest BCUT2D eigenvalue weighted by Crippen LogP contribution is 2.61. The molecule has 0 aromatic rings. The van der Waals surface area contributed by atoms with Gasteiger partial charge < -0.3 is 29.5 Å². The van der Waals surface area contributed by atoms with Gasteiger partial charge in [0.2, 0.25) is 12.1 Å². The Morgan fingerprint density at radius 1 is 0.711 bits per heavy atom. The van der Waals surface area contributed by atoms with Crippen LogP contribution in [-0.2, 0) is 19.1 Å². The molecule has 2 heterocycles. The van der Waals surface area contributed by atoms with E-state index in [-0.39, 0.29) is 26.2 Å². The molecule has 16 nitrogen and oxygen atoms in total. The van der Waals surface area contributed by atoms with E-state index in [1.807, 2.05) is 0 Å². The molecule has 2 aliphatic heterocycles. The Morgan fingerprint density at radius 2 is 0.974 bits per heavy atom. The number of nitro groups is 2. The Bertz CT molecular complexity index is 937. The highest BCUT2D eigenvalue weighted by Gasteiger charge is 2.83. The van der Waals surface area contributed by atoms with Crippen LogP contribution in [-0.4, -0.2) is 103 Å². The number of hydrogen-bond acceptors (Lipinski definition) is 10. The Kier molecular flexibility index (Phi) is 6.79. The average Bonchev–Trinajstić information content (AvgIpc) is 3.51. The third-order valence-corrected chi connectivity index (χ3v) is 7.06. The van der Waals surface area contributed by atoms with E-state index >= 15 is 0 Å². The molecule has 2 N–H and O–H groups in total. The summed E-state index contributed by atoms with van der Waals surface area (Å²) in [5.74, 6) is -4.35. The van der Waals surface area contributed by atoms with Crippen molar-refractivity contribution in [3.63, 3.8) is 0 Å². The molecule has 4 aliphatic rings. The monoisotopic (exact) mass is 544 g/mol. The number of amides is 2. The molecule has 2 amide bonds. The largest absolute Gasteiger partial charge is 0.481 e. The second kappa shape index (κ2) is 8.94. The molecule has 4 rings (SSSR count). The normalized spacial score (nSPS) is 27.6. The van der Waals surface area contributed by atoms with Gasteiger partial charge in [-0.1, -0.05) is 0 Å². The van der Waals surface area contributed by atoms with Crippen molar-refractivity contribution in [1.82, 2.24) is 9.80 Å². The van der Waals surface area contributed by atoms with E-state index in [4.69, 9.17) is 19.7 Å². The number of rotatable bonds is 4. The van der Waals surface area contributed by atoms with E-state index < -0.39 is 79.9 Å². The van der Waals surface area contributed by atoms with E-state index in [0.717, 1.165) is 0 Å². The van der Waals surface area contributed by atoms with E-state index in [9.17, 15) is 39.4 Å². The fraction of sp³-hybridized carbons (Fsp3) is 0.818. The van der Waals surface area contributed by atoms with Gasteiger partial charge in [-0.3, -0.25) is 29.8 Å². The van der Waals surface area contributed by atoms with Gasteiger partial charge in [-0.05, 0) is 41.5 Å². The van der Waals surface area contributed by atoms with Crippen LogP contribution in [0.1, 0.15) is 41.5 Å². The minimum Gasteiger partial charge on any atom is -0.481 e. The predicted octanol–water partition coefficient (Wildman–Crippen LogP) is 1.17. The third kappa shape index (κ3) is 5.15. The zero-order chi connectivity index (χ0) is 29.2. The summed E-state index contributed by atoms with van der Waals surface area (Å²) in [4.78, 5) is 68.4. The van der Waals surface area contributed by atoms with Gasteiger partial charge in [0.1, 0.15) is 23.0 Å². The molecular weight excluding hydrogens is 512 g/mol. The van der Waals surface area contributed by atoms with Crippen LogP contribution in [0.5, 0.6) is 0 Å². The fourth-order valence-electron chi connectivity index (χ4n) is 5.37. The second-order valence-electron chi connectivity index (χ2n) is 12.2. The summed E-state index contributed by atoms with van der Waals surface area (Å²) < 4.78 is 10.2. The van der Waals surface area contributed by atoms with E-state index in [0.29, 0.717) is 0 Å². The van der Waals surface area contributed by atoms with Gasteiger partial charge in [0.05, 0.1) is 10.8 Å². The average molecular weight is 545 g/mol. The van der Waals surface area contributed by atoms with Crippen molar-refractivity contribution in [2.75, 3.05) is 26.2 Å². The summed E-state index contributed by atoms with van der Waals surface area (Å²) in [7, 11) is 0. The molecule has 2 saturated heterocycles. The SMILES string of the molecule is CC(C)(C)OC(=O)N1CC2(C1)[C@@H]([N+](=O)[O-])[C@@H]2C(=O)O.CC(C)(C)OC(=O)N1CC2(C1)[C@H](C(=O)O)[C@H]2[N+](=O)[O-]. The lowest BCUT2D eigenvalue weighted by Gasteiger charge is -2.39. The molecule has 16 heteroatoms. The number of carbonyl (C=O) groups excluding carboxylic acids is 2. The number of carboxylic acids is 2. The smallest absolute Gasteiger partial charge is 0.410 e. The number of carboxylic acid groups (broad SMARTS) is 2. The van der Waals surface area contributed by atoms with E-state index in [1.165, 1.54) is 9.80 Å². The molecule has 2 spiro atoms. The van der Waals surface area contributed by atoms with Gasteiger partial charge in [-0.2, -0.15) is 0 Å². The lowest BCUT2D eigenvalue weighted by atomic mass is 9.93. The van der Waals surface area contributed by atoms with Gasteiger partial charge in [0.25, 0.3) is 0 Å². The predicted molar refractivity (Wildman–Crippen MR) is 124 cm³/mol. The summed E-state index contributed by atoms with van der Waals surface area (Å²) in [6.07, 6.45) is -1.12. The molecule has 0 aromatic carbocycles. The van der Waals surface area contributed by atoms with Crippen LogP contribution in [0.2, 0.25) is 0 Å². The van der Waals surface area contributed by atoms with Crippen molar-refractivity contribution in [2.45, 2.75) is 64.8 Å². The van der Waals surface area contributed by atoms with Gasteiger partial charge in [0, 0.05) is 36.0 Å². The molecular formula is C22H32N4O12. The van der Waals surface area contributed by atoms with Crippen LogP contribution in [0.4, 0.5) is 9.59 Å². The highest BCUT2D eigenvalue weighted by atomic mass is 16.6. The first-order chi connectivity index (χ1) is 17.2. The second-order valence-corrected chi connectivity index (χ2v) is 12.2. The van der Waals surface area contributed by atoms with Crippen molar-refractivity contribution in [3.8, 4) is 0 Å². The van der Waals surface area contributed by atoms with Crippen molar-refractivity contribution < 1.29 is 48.7 Å². The molecule has 2 saturated carbocycles. The first-order valence-electron chi connectivity index (χ1n) is 11.9. The zero-order valence-electron chi connectivity index (χ0n) is 21.9. The van der Waals surface area contributed by atoms with Crippen LogP contribution in [0.25, 0.3) is 0 Å². The van der Waals surface area contributed by atoms with Gasteiger partial charge in [-0.25, -0.2) is 9.59 Å². The van der Waals surface area contributed by atoms with Gasteiger partial charge >= 0.3 is 24.1 Å². The fourth-order valence-corrected chi connectivity index (χ4v) is 5.37. The molecule has 0 aromatic heterocycles. The molecule has 212 valence electrons. The Morgan fingerprint density at radius 3 is 1.13 bits per heavy atom. The van der Waals surface area contributed by atoms with Crippen LogP contribution < -0.4 is 0 Å². The van der Waals surface area contributed by atoms with Crippen molar-refractivity contribution >= 4 is 24.1 Å². The summed E-state index contributed by atoms with van der Waals surface area (Å²) in [6.45, 7) is 10.6. The minimum absolute atomic E-state index is 0.0739. The molecule has 2 aliphatic carbocycles. The van der Waals surface area contributed by atoms with Crippen LogP contribution >= 0.6 is 0 Å². The van der Waals surface area contributed by atoms with Crippen LogP contribution in [0.15, 0.2) is 0 Å². The highest BCUT2D eigenvalue weighted by molar-refractivity contribution is 5.80. The van der Waals surface area contributed by atoms with Crippen molar-refractivity contribution in [1.29, 1.82) is 0 Å². The first-order valence-corrected chi connectivity index (χ1v) is 11.9. The Balaban J connectivity index is 0.000000211. The summed E-state index contributed by atoms with van der Waals surface area (Å²) >= 11 is 0. The lowest BCUT2D eigenvalue weighted by Crippen LogP contribution is -2.55. The summed E-state index contributed by atoms with van der Waals surface area (Å²) in [5, 5.41) is 39.5. The molecule has 4 atom stereocenters. The Labute approximate surface area is 217 Å². The number of carbonyl (C=O) groups is 4. The van der Waals surface area contributed by atoms with Crippen molar-refractivity contribution in [3.05, 3.63) is 20.2 Å². The zero-order valence-corrected chi connectivity index (χ0v) is 21.9. The number of aliphatic carboxylic acids is 2. The molecule has 0 radical (unpaired) electrons. The van der Waals surface area contributed by atoms with E-state index in [2.05, 4.69) is 0 Å². The minimum atomic E-state index is -1.18. The van der Waals surface area contributed by atoms with Crippen LogP contribution in [0.3, 0.4) is 0 Å². The number of likely N-dealkylation sites (tertiary alicyclic amines) is 2. The maximum atomic E-state index is 11.7. The van der Waals surface area contributed by atoms with Gasteiger partial charge in [0.15, 0.2) is 0 Å². The van der Waals surface area contributed by atoms with Crippen molar-refractivity contribution in [2.24, 2.45) is 22.7 Å². The lowest BCUT2D eigenvalue weighted by molar-refractivity contribution is -0.506. The molecule has 0 unspecified atom stereocenters. The van der Waals surface area contributed by atoms with Gasteiger partial charge in [-0.15, -0.1) is 0 Å². The van der Waals surface area contributed by atoms with Crippen LogP contribution in [0, 0.1) is 42.9 Å². The maximum Gasteiger partial charge on any atom is 0.410 e. The first kappa shape index (κ1) is 28.8. The third-order valence-electron chi connectivity index (χ3n) is 7.06. The quantitative estimate of drug-likeness (QED) is 0.376. The Hall–Kier alpha value is -3.72. The topological polar surface area (TPSA) is 220 Å². The number of ether oxygens (including phenoxy) is 2. The molecule has 4 fully saturated rings. The summed E-state index contributed by atoms with van der Waals surface area (Å²) in [5.41, 5.74) is -3.07. The standard InChI is InChI=1S/2C11H16N2O6/c2*1-10(2,3)19-9(16)12-4-11(5-12)6(8(14)15)7(11)13(17)18/h2*6-7H,4-5H2,1-3H3,(H,14,15)/t2*6-,7+/m10/s1. The molecule has 0 bridgehead atoms. The van der Waals surface area contributed by atoms with E-state index in [1.54, 1.807) is 41.5 Å². The number of hydrogen-bond donors (Lipinski definition) is 2. The maximum absolute atomic E-state index is 11.7. The summed E-state index contributed by atoms with van der Waals surface area (Å²) in [6, 6.07) is -2.19. The molecule has 38 heavy (non-hydrogen) atoms.